The SMILES string of the molecule is CC1(C)C(=S)SC(C=O)C1=S. The Balaban J connectivity index is 2.97. The maximum absolute atomic E-state index is 10.5. The van der Waals surface area contributed by atoms with Crippen LogP contribution in [0.2, 0.25) is 0 Å². The number of thioether (sulfide) groups is 1. The van der Waals surface area contributed by atoms with Crippen LogP contribution in [0.3, 0.4) is 0 Å². The van der Waals surface area contributed by atoms with E-state index in [0.29, 0.717) is 0 Å². The van der Waals surface area contributed by atoms with Crippen molar-refractivity contribution in [2.24, 2.45) is 5.41 Å². The molecule has 11 heavy (non-hydrogen) atoms. The summed E-state index contributed by atoms with van der Waals surface area (Å²) in [6.07, 6.45) is 0.869. The number of hydrogen-bond donors (Lipinski definition) is 0. The molecule has 1 fully saturated rings. The van der Waals surface area contributed by atoms with E-state index in [1.54, 1.807) is 0 Å². The lowest BCUT2D eigenvalue weighted by Crippen LogP contribution is -2.26. The minimum atomic E-state index is -0.221. The van der Waals surface area contributed by atoms with Crippen LogP contribution in [0.15, 0.2) is 0 Å². The topological polar surface area (TPSA) is 17.1 Å². The molecule has 0 saturated carbocycles. The molecule has 0 aromatic heterocycles. The molecular formula is C7H8OS3. The van der Waals surface area contributed by atoms with Gasteiger partial charge < -0.3 is 4.79 Å². The summed E-state index contributed by atoms with van der Waals surface area (Å²) in [6, 6.07) is 0. The van der Waals surface area contributed by atoms with Gasteiger partial charge in [0.15, 0.2) is 0 Å². The van der Waals surface area contributed by atoms with Crippen LogP contribution in [-0.2, 0) is 4.79 Å². The highest BCUT2D eigenvalue weighted by Crippen LogP contribution is 2.40. The maximum atomic E-state index is 10.5. The van der Waals surface area contributed by atoms with E-state index in [1.807, 2.05) is 13.8 Å². The number of aldehydes is 1. The third-order valence-corrected chi connectivity index (χ3v) is 4.78. The van der Waals surface area contributed by atoms with Gasteiger partial charge in [-0.25, -0.2) is 0 Å². The summed E-state index contributed by atoms with van der Waals surface area (Å²) in [5, 5.41) is -0.188. The molecule has 1 atom stereocenters. The van der Waals surface area contributed by atoms with Crippen molar-refractivity contribution in [2.75, 3.05) is 0 Å². The van der Waals surface area contributed by atoms with Crippen molar-refractivity contribution < 1.29 is 4.79 Å². The van der Waals surface area contributed by atoms with Crippen molar-refractivity contribution in [1.29, 1.82) is 0 Å². The van der Waals surface area contributed by atoms with Gasteiger partial charge in [0, 0.05) is 10.3 Å². The van der Waals surface area contributed by atoms with Gasteiger partial charge in [0.05, 0.1) is 9.45 Å². The first-order valence-electron chi connectivity index (χ1n) is 3.21. The molecule has 0 amide bonds. The summed E-state index contributed by atoms with van der Waals surface area (Å²) in [5.74, 6) is 0. The number of thiocarbonyl (C=S) groups is 2. The fraction of sp³-hybridized carbons (Fsp3) is 0.571. The van der Waals surface area contributed by atoms with Crippen molar-refractivity contribution in [3.05, 3.63) is 0 Å². The average Bonchev–Trinajstić information content (AvgIpc) is 2.14. The van der Waals surface area contributed by atoms with Crippen LogP contribution in [0.25, 0.3) is 0 Å². The molecule has 1 rings (SSSR count). The fourth-order valence-electron chi connectivity index (χ4n) is 0.862. The van der Waals surface area contributed by atoms with Gasteiger partial charge in [0.25, 0.3) is 0 Å². The monoisotopic (exact) mass is 204 g/mol. The van der Waals surface area contributed by atoms with E-state index in [1.165, 1.54) is 11.8 Å². The second kappa shape index (κ2) is 2.92. The Kier molecular flexibility index (Phi) is 2.46. The summed E-state index contributed by atoms with van der Waals surface area (Å²) in [5.41, 5.74) is -0.221. The Morgan fingerprint density at radius 1 is 1.55 bits per heavy atom. The van der Waals surface area contributed by atoms with Crippen molar-refractivity contribution in [3.63, 3.8) is 0 Å². The molecular weight excluding hydrogens is 196 g/mol. The molecule has 60 valence electrons. The minimum Gasteiger partial charge on any atom is -0.302 e. The molecule has 1 aliphatic heterocycles. The smallest absolute Gasteiger partial charge is 0.138 e. The molecule has 1 saturated heterocycles. The predicted molar refractivity (Wildman–Crippen MR) is 56.4 cm³/mol. The van der Waals surface area contributed by atoms with Gasteiger partial charge in [-0.1, -0.05) is 24.4 Å². The third kappa shape index (κ3) is 1.39. The second-order valence-corrected chi connectivity index (χ2v) is 5.21. The minimum absolute atomic E-state index is 0.188. The first-order chi connectivity index (χ1) is 5.00. The number of rotatable bonds is 1. The summed E-state index contributed by atoms with van der Waals surface area (Å²) >= 11 is 11.6. The molecule has 1 unspecified atom stereocenters. The van der Waals surface area contributed by atoms with E-state index in [0.717, 1.165) is 15.3 Å². The third-order valence-electron chi connectivity index (χ3n) is 1.74. The van der Waals surface area contributed by atoms with Crippen molar-refractivity contribution in [2.45, 2.75) is 19.1 Å². The highest BCUT2D eigenvalue weighted by molar-refractivity contribution is 8.25. The van der Waals surface area contributed by atoms with Crippen LogP contribution in [0.4, 0.5) is 0 Å². The number of carbonyl (C=O) groups excluding carboxylic acids is 1. The molecule has 0 aliphatic carbocycles. The molecule has 0 bridgehead atoms. The fourth-order valence-corrected chi connectivity index (χ4v) is 2.81. The van der Waals surface area contributed by atoms with Gasteiger partial charge >= 0.3 is 0 Å². The molecule has 1 nitrogen and oxygen atoms in total. The van der Waals surface area contributed by atoms with Crippen LogP contribution in [0.5, 0.6) is 0 Å². The van der Waals surface area contributed by atoms with Crippen LogP contribution < -0.4 is 0 Å². The Morgan fingerprint density at radius 2 is 2.09 bits per heavy atom. The van der Waals surface area contributed by atoms with Gasteiger partial charge in [0.2, 0.25) is 0 Å². The molecule has 1 heterocycles. The zero-order valence-corrected chi connectivity index (χ0v) is 8.74. The van der Waals surface area contributed by atoms with Gasteiger partial charge in [0.1, 0.15) is 6.29 Å². The Bertz CT molecular complexity index is 232. The van der Waals surface area contributed by atoms with Gasteiger partial charge in [-0.05, 0) is 13.8 Å². The van der Waals surface area contributed by atoms with Gasteiger partial charge in [-0.15, -0.1) is 11.8 Å². The molecule has 0 spiro atoms. The van der Waals surface area contributed by atoms with Crippen LogP contribution >= 0.6 is 36.2 Å². The van der Waals surface area contributed by atoms with Crippen molar-refractivity contribution in [3.8, 4) is 0 Å². The zero-order chi connectivity index (χ0) is 8.65. The van der Waals surface area contributed by atoms with Crippen LogP contribution in [0, 0.1) is 5.41 Å². The maximum Gasteiger partial charge on any atom is 0.138 e. The zero-order valence-electron chi connectivity index (χ0n) is 6.29. The number of carbonyl (C=O) groups is 1. The highest BCUT2D eigenvalue weighted by atomic mass is 32.2. The molecule has 0 aromatic rings. The molecule has 0 N–H and O–H groups in total. The first-order valence-corrected chi connectivity index (χ1v) is 4.90. The Morgan fingerprint density at radius 3 is 2.27 bits per heavy atom. The quantitative estimate of drug-likeness (QED) is 0.480. The summed E-state index contributed by atoms with van der Waals surface area (Å²) in [4.78, 5) is 11.2. The summed E-state index contributed by atoms with van der Waals surface area (Å²) < 4.78 is 0.833. The standard InChI is InChI=1S/C7H8OS3/c1-7(2)5(9)4(3-8)11-6(7)10/h3-4H,1-2H3. The van der Waals surface area contributed by atoms with E-state index in [4.69, 9.17) is 24.4 Å². The lowest BCUT2D eigenvalue weighted by Gasteiger charge is -2.16. The van der Waals surface area contributed by atoms with E-state index in [2.05, 4.69) is 0 Å². The van der Waals surface area contributed by atoms with E-state index >= 15 is 0 Å². The molecule has 4 heteroatoms. The molecule has 0 aromatic carbocycles. The van der Waals surface area contributed by atoms with E-state index < -0.39 is 0 Å². The van der Waals surface area contributed by atoms with Crippen molar-refractivity contribution in [1.82, 2.24) is 0 Å². The first kappa shape index (κ1) is 9.29. The Labute approximate surface area is 80.9 Å². The lowest BCUT2D eigenvalue weighted by atomic mass is 9.90. The largest absolute Gasteiger partial charge is 0.302 e. The number of hydrogen-bond acceptors (Lipinski definition) is 4. The Hall–Kier alpha value is 0.200. The predicted octanol–water partition coefficient (Wildman–Crippen LogP) is 2.02. The van der Waals surface area contributed by atoms with Gasteiger partial charge in [-0.2, -0.15) is 0 Å². The average molecular weight is 204 g/mol. The van der Waals surface area contributed by atoms with E-state index in [9.17, 15) is 4.79 Å². The molecule has 1 aliphatic rings. The normalized spacial score (nSPS) is 29.1. The van der Waals surface area contributed by atoms with Crippen molar-refractivity contribution >= 4 is 51.5 Å². The second-order valence-electron chi connectivity index (χ2n) is 2.95. The lowest BCUT2D eigenvalue weighted by molar-refractivity contribution is -0.106. The highest BCUT2D eigenvalue weighted by Gasteiger charge is 2.41. The summed E-state index contributed by atoms with van der Waals surface area (Å²) in [7, 11) is 0. The van der Waals surface area contributed by atoms with Crippen LogP contribution in [-0.4, -0.2) is 20.6 Å². The molecule has 0 radical (unpaired) electrons. The summed E-state index contributed by atoms with van der Waals surface area (Å²) in [6.45, 7) is 3.93. The van der Waals surface area contributed by atoms with Crippen LogP contribution in [0.1, 0.15) is 13.8 Å². The van der Waals surface area contributed by atoms with Gasteiger partial charge in [-0.3, -0.25) is 0 Å². The van der Waals surface area contributed by atoms with E-state index in [-0.39, 0.29) is 10.7 Å².